The number of aliphatic imine (C=N–C) groups is 1. The molecule has 1 aromatic heterocycles. The van der Waals surface area contributed by atoms with E-state index in [2.05, 4.69) is 40.6 Å². The molecule has 3 N–H and O–H groups in total. The van der Waals surface area contributed by atoms with Crippen LogP contribution in [0.3, 0.4) is 0 Å². The molecule has 0 bridgehead atoms. The van der Waals surface area contributed by atoms with E-state index in [0.29, 0.717) is 25.0 Å². The Kier molecular flexibility index (Phi) is 11.9. The van der Waals surface area contributed by atoms with E-state index in [9.17, 15) is 5.11 Å². The number of benzene rings is 1. The standard InChI is InChI=1S/C23H37N5O2.HI/c1-7-24-23(25-13-17(4)15-28-19(6)11-18(5)27-28)26-14-22(29)20-9-8-10-21(12-20)30-16(2)3;/h8-12,16-17,22,29H,7,13-15H2,1-6H3,(H2,24,25,26);1H. The first-order valence-corrected chi connectivity index (χ1v) is 10.8. The minimum Gasteiger partial charge on any atom is -0.491 e. The zero-order chi connectivity index (χ0) is 22.1. The predicted molar refractivity (Wildman–Crippen MR) is 137 cm³/mol. The number of nitrogens with zero attached hydrogens (tertiary/aromatic N) is 3. The van der Waals surface area contributed by atoms with Gasteiger partial charge in [-0.15, -0.1) is 24.0 Å². The molecule has 31 heavy (non-hydrogen) atoms. The van der Waals surface area contributed by atoms with Crippen LogP contribution >= 0.6 is 24.0 Å². The molecule has 0 radical (unpaired) electrons. The quantitative estimate of drug-likeness (QED) is 0.241. The van der Waals surface area contributed by atoms with Gasteiger partial charge in [0.1, 0.15) is 5.75 Å². The SMILES string of the molecule is CCNC(=NCC(C)Cn1nc(C)cc1C)NCC(O)c1cccc(OC(C)C)c1.I. The van der Waals surface area contributed by atoms with Crippen molar-refractivity contribution < 1.29 is 9.84 Å². The zero-order valence-electron chi connectivity index (χ0n) is 19.6. The fourth-order valence-corrected chi connectivity index (χ4v) is 3.18. The number of rotatable bonds is 10. The zero-order valence-corrected chi connectivity index (χ0v) is 21.9. The Morgan fingerprint density at radius 3 is 2.55 bits per heavy atom. The number of aryl methyl sites for hydroxylation is 2. The first-order valence-electron chi connectivity index (χ1n) is 10.8. The third kappa shape index (κ3) is 9.47. The normalized spacial score (nSPS) is 13.5. The maximum absolute atomic E-state index is 10.6. The maximum atomic E-state index is 10.6. The minimum atomic E-state index is -0.656. The monoisotopic (exact) mass is 543 g/mol. The lowest BCUT2D eigenvalue weighted by Crippen LogP contribution is -2.39. The van der Waals surface area contributed by atoms with Crippen LogP contribution in [0, 0.1) is 19.8 Å². The van der Waals surface area contributed by atoms with Gasteiger partial charge in [-0.25, -0.2) is 0 Å². The average molecular weight is 543 g/mol. The summed E-state index contributed by atoms with van der Waals surface area (Å²) >= 11 is 0. The molecule has 2 aromatic rings. The Morgan fingerprint density at radius 1 is 1.19 bits per heavy atom. The molecule has 174 valence electrons. The van der Waals surface area contributed by atoms with Gasteiger partial charge in [-0.05, 0) is 64.3 Å². The summed E-state index contributed by atoms with van der Waals surface area (Å²) in [7, 11) is 0. The van der Waals surface area contributed by atoms with Crippen molar-refractivity contribution in [1.29, 1.82) is 0 Å². The van der Waals surface area contributed by atoms with E-state index < -0.39 is 6.10 Å². The first kappa shape index (κ1) is 27.2. The summed E-state index contributed by atoms with van der Waals surface area (Å²) in [5.41, 5.74) is 3.02. The third-order valence-electron chi connectivity index (χ3n) is 4.57. The Bertz CT molecular complexity index is 822. The van der Waals surface area contributed by atoms with Gasteiger partial charge >= 0.3 is 0 Å². The molecule has 0 saturated heterocycles. The van der Waals surface area contributed by atoms with Crippen LogP contribution in [0.1, 0.15) is 50.8 Å². The molecule has 0 amide bonds. The number of halogens is 1. The lowest BCUT2D eigenvalue weighted by molar-refractivity contribution is 0.179. The summed E-state index contributed by atoms with van der Waals surface area (Å²) in [6.07, 6.45) is -0.559. The van der Waals surface area contributed by atoms with Gasteiger partial charge in [0.05, 0.1) is 17.9 Å². The number of nitrogens with one attached hydrogen (secondary N) is 2. The fourth-order valence-electron chi connectivity index (χ4n) is 3.18. The topological polar surface area (TPSA) is 83.7 Å². The van der Waals surface area contributed by atoms with E-state index >= 15 is 0 Å². The second-order valence-electron chi connectivity index (χ2n) is 8.07. The number of guanidine groups is 1. The molecule has 0 aliphatic rings. The lowest BCUT2D eigenvalue weighted by Gasteiger charge is -2.18. The molecule has 2 rings (SSSR count). The molecule has 0 aliphatic carbocycles. The van der Waals surface area contributed by atoms with Crippen LogP contribution in [0.4, 0.5) is 0 Å². The second kappa shape index (κ2) is 13.6. The van der Waals surface area contributed by atoms with Gasteiger partial charge < -0.3 is 20.5 Å². The molecule has 0 saturated carbocycles. The molecule has 2 atom stereocenters. The van der Waals surface area contributed by atoms with Crippen molar-refractivity contribution in [2.75, 3.05) is 19.6 Å². The number of hydrogen-bond acceptors (Lipinski definition) is 4. The fraction of sp³-hybridized carbons (Fsp3) is 0.565. The molecule has 1 aromatic carbocycles. The minimum absolute atomic E-state index is 0. The average Bonchev–Trinajstić information content (AvgIpc) is 3.00. The van der Waals surface area contributed by atoms with E-state index in [4.69, 9.17) is 4.74 Å². The Hall–Kier alpha value is -1.81. The highest BCUT2D eigenvalue weighted by Gasteiger charge is 2.11. The molecular weight excluding hydrogens is 505 g/mol. The van der Waals surface area contributed by atoms with E-state index in [1.807, 2.05) is 56.6 Å². The lowest BCUT2D eigenvalue weighted by atomic mass is 10.1. The van der Waals surface area contributed by atoms with Crippen molar-refractivity contribution >= 4 is 29.9 Å². The van der Waals surface area contributed by atoms with Gasteiger partial charge in [0.25, 0.3) is 0 Å². The summed E-state index contributed by atoms with van der Waals surface area (Å²) in [6, 6.07) is 9.67. The van der Waals surface area contributed by atoms with Crippen LogP contribution in [-0.4, -0.2) is 46.6 Å². The van der Waals surface area contributed by atoms with Crippen molar-refractivity contribution in [3.8, 4) is 5.75 Å². The smallest absolute Gasteiger partial charge is 0.191 e. The van der Waals surface area contributed by atoms with Gasteiger partial charge in [-0.2, -0.15) is 5.10 Å². The van der Waals surface area contributed by atoms with Crippen molar-refractivity contribution in [2.45, 2.75) is 60.3 Å². The van der Waals surface area contributed by atoms with E-state index in [1.165, 1.54) is 5.69 Å². The number of aliphatic hydroxyl groups excluding tert-OH is 1. The van der Waals surface area contributed by atoms with E-state index in [1.54, 1.807) is 0 Å². The van der Waals surface area contributed by atoms with Crippen LogP contribution in [0.15, 0.2) is 35.3 Å². The molecule has 0 fully saturated rings. The molecule has 2 unspecified atom stereocenters. The highest BCUT2D eigenvalue weighted by molar-refractivity contribution is 14.0. The first-order chi connectivity index (χ1) is 14.3. The van der Waals surface area contributed by atoms with Gasteiger partial charge in [-0.1, -0.05) is 19.1 Å². The second-order valence-corrected chi connectivity index (χ2v) is 8.07. The number of hydrogen-bond donors (Lipinski definition) is 3. The maximum Gasteiger partial charge on any atom is 0.191 e. The highest BCUT2D eigenvalue weighted by atomic mass is 127. The largest absolute Gasteiger partial charge is 0.491 e. The number of aromatic nitrogens is 2. The van der Waals surface area contributed by atoms with Gasteiger partial charge in [-0.3, -0.25) is 9.67 Å². The summed E-state index contributed by atoms with van der Waals surface area (Å²) in [5, 5.41) is 21.6. The van der Waals surface area contributed by atoms with Gasteiger partial charge in [0.15, 0.2) is 5.96 Å². The van der Waals surface area contributed by atoms with Crippen molar-refractivity contribution in [1.82, 2.24) is 20.4 Å². The molecule has 0 aliphatic heterocycles. The third-order valence-corrected chi connectivity index (χ3v) is 4.57. The van der Waals surface area contributed by atoms with Crippen LogP contribution in [-0.2, 0) is 6.54 Å². The summed E-state index contributed by atoms with van der Waals surface area (Å²) in [6.45, 7) is 14.9. The summed E-state index contributed by atoms with van der Waals surface area (Å²) < 4.78 is 7.75. The Labute approximate surface area is 203 Å². The predicted octanol–water partition coefficient (Wildman–Crippen LogP) is 3.83. The van der Waals surface area contributed by atoms with Crippen molar-refractivity contribution in [2.24, 2.45) is 10.9 Å². The Morgan fingerprint density at radius 2 is 1.94 bits per heavy atom. The summed E-state index contributed by atoms with van der Waals surface area (Å²) in [4.78, 5) is 4.69. The molecule has 0 spiro atoms. The van der Waals surface area contributed by atoms with Crippen LogP contribution in [0.5, 0.6) is 5.75 Å². The van der Waals surface area contributed by atoms with Crippen LogP contribution in [0.25, 0.3) is 0 Å². The highest BCUT2D eigenvalue weighted by Crippen LogP contribution is 2.20. The van der Waals surface area contributed by atoms with E-state index in [0.717, 1.165) is 30.1 Å². The van der Waals surface area contributed by atoms with Crippen LogP contribution in [0.2, 0.25) is 0 Å². The van der Waals surface area contributed by atoms with Crippen molar-refractivity contribution in [3.05, 3.63) is 47.3 Å². The Balaban J connectivity index is 0.00000480. The summed E-state index contributed by atoms with van der Waals surface area (Å²) in [5.74, 6) is 1.81. The molecule has 1 heterocycles. The molecule has 7 nitrogen and oxygen atoms in total. The van der Waals surface area contributed by atoms with Gasteiger partial charge in [0, 0.05) is 31.9 Å². The van der Waals surface area contributed by atoms with Crippen molar-refractivity contribution in [3.63, 3.8) is 0 Å². The molecular formula is C23H38IN5O2. The van der Waals surface area contributed by atoms with Gasteiger partial charge in [0.2, 0.25) is 0 Å². The van der Waals surface area contributed by atoms with E-state index in [-0.39, 0.29) is 30.1 Å². The number of ether oxygens (including phenoxy) is 1. The molecule has 8 heteroatoms. The van der Waals surface area contributed by atoms with Crippen LogP contribution < -0.4 is 15.4 Å². The number of aliphatic hydroxyl groups is 1.